The van der Waals surface area contributed by atoms with Gasteiger partial charge in [-0.05, 0) is 30.5 Å². The Morgan fingerprint density at radius 2 is 1.78 bits per heavy atom. The van der Waals surface area contributed by atoms with Gasteiger partial charge in [0.2, 0.25) is 5.91 Å². The zero-order chi connectivity index (χ0) is 16.9. The minimum Gasteiger partial charge on any atom is -0.484 e. The highest BCUT2D eigenvalue weighted by Crippen LogP contribution is 2.13. The lowest BCUT2D eigenvalue weighted by Gasteiger charge is -2.08. The molecule has 2 amide bonds. The smallest absolute Gasteiger partial charge is 0.257 e. The lowest BCUT2D eigenvalue weighted by molar-refractivity contribution is -0.123. The number of nitriles is 1. The Kier molecular flexibility index (Phi) is 8.91. The molecule has 0 radical (unpaired) electrons. The summed E-state index contributed by atoms with van der Waals surface area (Å²) < 4.78 is 5.41. The molecule has 0 heterocycles. The molecule has 0 bridgehead atoms. The highest BCUT2D eigenvalue weighted by atomic mass is 16.5. The molecular formula is C17H23N3O3. The third-order valence-electron chi connectivity index (χ3n) is 3.07. The number of aryl methyl sites for hydroxylation is 1. The summed E-state index contributed by atoms with van der Waals surface area (Å²) >= 11 is 0. The van der Waals surface area contributed by atoms with Crippen LogP contribution >= 0.6 is 0 Å². The van der Waals surface area contributed by atoms with Gasteiger partial charge in [-0.1, -0.05) is 25.5 Å². The van der Waals surface area contributed by atoms with Gasteiger partial charge in [0.1, 0.15) is 12.2 Å². The summed E-state index contributed by atoms with van der Waals surface area (Å²) in [7, 11) is 0. The molecule has 0 saturated heterocycles. The first-order chi connectivity index (χ1) is 11.2. The number of nitrogens with zero attached hydrogens (tertiary/aromatic N) is 1. The molecule has 0 aliphatic rings. The maximum Gasteiger partial charge on any atom is 0.257 e. The maximum absolute atomic E-state index is 11.6. The van der Waals surface area contributed by atoms with Crippen LogP contribution in [0, 0.1) is 11.3 Å². The first-order valence-corrected chi connectivity index (χ1v) is 7.77. The van der Waals surface area contributed by atoms with Crippen LogP contribution in [0.2, 0.25) is 0 Å². The van der Waals surface area contributed by atoms with Crippen LogP contribution in [-0.2, 0) is 16.0 Å². The quantitative estimate of drug-likeness (QED) is 0.641. The predicted molar refractivity (Wildman–Crippen MR) is 86.8 cm³/mol. The van der Waals surface area contributed by atoms with Crippen LogP contribution in [0.4, 0.5) is 0 Å². The number of carbonyl (C=O) groups is 2. The second-order valence-corrected chi connectivity index (χ2v) is 5.07. The third kappa shape index (κ3) is 8.47. The van der Waals surface area contributed by atoms with Gasteiger partial charge in [0.25, 0.3) is 5.91 Å². The minimum absolute atomic E-state index is 0.0338. The predicted octanol–water partition coefficient (Wildman–Crippen LogP) is 1.55. The molecule has 0 fully saturated rings. The van der Waals surface area contributed by atoms with E-state index in [9.17, 15) is 9.59 Å². The van der Waals surface area contributed by atoms with Gasteiger partial charge in [0.05, 0.1) is 6.07 Å². The van der Waals surface area contributed by atoms with Gasteiger partial charge in [-0.15, -0.1) is 0 Å². The van der Waals surface area contributed by atoms with Gasteiger partial charge < -0.3 is 15.4 Å². The van der Waals surface area contributed by atoms with Crippen molar-refractivity contribution in [3.8, 4) is 11.8 Å². The van der Waals surface area contributed by atoms with Gasteiger partial charge in [0, 0.05) is 13.1 Å². The molecule has 0 aliphatic carbocycles. The van der Waals surface area contributed by atoms with Crippen molar-refractivity contribution in [3.63, 3.8) is 0 Å². The Labute approximate surface area is 136 Å². The van der Waals surface area contributed by atoms with Crippen LogP contribution < -0.4 is 15.4 Å². The first kappa shape index (κ1) is 18.5. The van der Waals surface area contributed by atoms with E-state index in [-0.39, 0.29) is 24.8 Å². The maximum atomic E-state index is 11.6. The Bertz CT molecular complexity index is 535. The van der Waals surface area contributed by atoms with E-state index in [1.54, 1.807) is 6.07 Å². The summed E-state index contributed by atoms with van der Waals surface area (Å²) in [5.74, 6) is 0.170. The van der Waals surface area contributed by atoms with Crippen molar-refractivity contribution in [1.82, 2.24) is 10.6 Å². The van der Waals surface area contributed by atoms with Crippen LogP contribution in [0.5, 0.6) is 5.75 Å². The molecule has 1 rings (SSSR count). The second-order valence-electron chi connectivity index (χ2n) is 5.07. The molecule has 0 unspecified atom stereocenters. The molecule has 1 aromatic rings. The fraction of sp³-hybridized carbons (Fsp3) is 0.471. The molecule has 0 atom stereocenters. The summed E-state index contributed by atoms with van der Waals surface area (Å²) in [4.78, 5) is 22.6. The molecule has 0 aliphatic heterocycles. The number of benzene rings is 1. The van der Waals surface area contributed by atoms with Crippen LogP contribution in [-0.4, -0.2) is 31.5 Å². The van der Waals surface area contributed by atoms with Gasteiger partial charge in [-0.2, -0.15) is 5.26 Å². The summed E-state index contributed by atoms with van der Waals surface area (Å²) in [5.41, 5.74) is 1.25. The van der Waals surface area contributed by atoms with Crippen molar-refractivity contribution < 1.29 is 14.3 Å². The molecule has 124 valence electrons. The number of hydrogen-bond donors (Lipinski definition) is 2. The molecule has 0 spiro atoms. The number of amides is 2. The van der Waals surface area contributed by atoms with E-state index in [1.165, 1.54) is 5.56 Å². The lowest BCUT2D eigenvalue weighted by atomic mass is 10.1. The Balaban J connectivity index is 2.12. The number of rotatable bonds is 10. The van der Waals surface area contributed by atoms with E-state index in [0.717, 1.165) is 12.8 Å². The van der Waals surface area contributed by atoms with Crippen LogP contribution in [0.1, 0.15) is 31.7 Å². The first-order valence-electron chi connectivity index (χ1n) is 7.77. The number of hydrogen-bond acceptors (Lipinski definition) is 4. The fourth-order valence-corrected chi connectivity index (χ4v) is 1.92. The summed E-state index contributed by atoms with van der Waals surface area (Å²) in [6.45, 7) is 2.97. The van der Waals surface area contributed by atoms with Crippen LogP contribution in [0.15, 0.2) is 24.3 Å². The summed E-state index contributed by atoms with van der Waals surface area (Å²) in [6, 6.07) is 9.50. The van der Waals surface area contributed by atoms with Crippen molar-refractivity contribution in [2.24, 2.45) is 0 Å². The van der Waals surface area contributed by atoms with E-state index in [4.69, 9.17) is 10.00 Å². The number of carbonyl (C=O) groups excluding carboxylic acids is 2. The SMILES string of the molecule is CCCc1ccc(OCC(=O)NCCCNC(=O)CC#N)cc1. The third-order valence-corrected chi connectivity index (χ3v) is 3.07. The molecule has 0 saturated carbocycles. The molecular weight excluding hydrogens is 294 g/mol. The Hall–Kier alpha value is -2.55. The molecule has 0 aromatic heterocycles. The van der Waals surface area contributed by atoms with Crippen molar-refractivity contribution >= 4 is 11.8 Å². The van der Waals surface area contributed by atoms with Crippen molar-refractivity contribution in [2.75, 3.05) is 19.7 Å². The average Bonchev–Trinajstić information content (AvgIpc) is 2.54. The van der Waals surface area contributed by atoms with Crippen LogP contribution in [0.25, 0.3) is 0 Å². The molecule has 1 aromatic carbocycles. The summed E-state index contributed by atoms with van der Waals surface area (Å²) in [6.07, 6.45) is 2.59. The largest absolute Gasteiger partial charge is 0.484 e. The lowest BCUT2D eigenvalue weighted by Crippen LogP contribution is -2.32. The molecule has 6 nitrogen and oxygen atoms in total. The van der Waals surface area contributed by atoms with E-state index in [0.29, 0.717) is 25.3 Å². The second kappa shape index (κ2) is 11.1. The number of ether oxygens (including phenoxy) is 1. The normalized spacial score (nSPS) is 9.74. The zero-order valence-corrected chi connectivity index (χ0v) is 13.4. The van der Waals surface area contributed by atoms with Gasteiger partial charge in [0.15, 0.2) is 6.61 Å². The monoisotopic (exact) mass is 317 g/mol. The van der Waals surface area contributed by atoms with E-state index in [1.807, 2.05) is 24.3 Å². The Morgan fingerprint density at radius 1 is 1.13 bits per heavy atom. The summed E-state index contributed by atoms with van der Waals surface area (Å²) in [5, 5.41) is 13.6. The zero-order valence-electron chi connectivity index (χ0n) is 13.4. The van der Waals surface area contributed by atoms with Gasteiger partial charge >= 0.3 is 0 Å². The minimum atomic E-state index is -0.298. The van der Waals surface area contributed by atoms with Gasteiger partial charge in [-0.25, -0.2) is 0 Å². The standard InChI is InChI=1S/C17H23N3O3/c1-2-4-14-5-7-15(8-6-14)23-13-17(22)20-12-3-11-19-16(21)9-10-18/h5-8H,2-4,9,11-13H2,1H3,(H,19,21)(H,20,22). The van der Waals surface area contributed by atoms with E-state index < -0.39 is 0 Å². The Morgan fingerprint density at radius 3 is 2.39 bits per heavy atom. The molecule has 2 N–H and O–H groups in total. The number of nitrogens with one attached hydrogen (secondary N) is 2. The van der Waals surface area contributed by atoms with E-state index >= 15 is 0 Å². The van der Waals surface area contributed by atoms with Crippen molar-refractivity contribution in [2.45, 2.75) is 32.6 Å². The molecule has 6 heteroatoms. The average molecular weight is 317 g/mol. The van der Waals surface area contributed by atoms with Gasteiger partial charge in [-0.3, -0.25) is 9.59 Å². The van der Waals surface area contributed by atoms with Crippen molar-refractivity contribution in [1.29, 1.82) is 5.26 Å². The fourth-order valence-electron chi connectivity index (χ4n) is 1.92. The highest BCUT2D eigenvalue weighted by Gasteiger charge is 2.03. The highest BCUT2D eigenvalue weighted by molar-refractivity contribution is 5.78. The van der Waals surface area contributed by atoms with Crippen LogP contribution in [0.3, 0.4) is 0 Å². The van der Waals surface area contributed by atoms with E-state index in [2.05, 4.69) is 17.6 Å². The van der Waals surface area contributed by atoms with Crippen molar-refractivity contribution in [3.05, 3.63) is 29.8 Å². The molecule has 23 heavy (non-hydrogen) atoms. The topological polar surface area (TPSA) is 91.2 Å².